The van der Waals surface area contributed by atoms with E-state index in [1.807, 2.05) is 47.5 Å². The highest BCUT2D eigenvalue weighted by Crippen LogP contribution is 2.19. The van der Waals surface area contributed by atoms with E-state index in [-0.39, 0.29) is 12.1 Å². The fourth-order valence-electron chi connectivity index (χ4n) is 2.97. The molecule has 1 N–H and O–H groups in total. The number of likely N-dealkylation sites (tertiary alicyclic amines) is 1. The topological polar surface area (TPSA) is 54.5 Å². The number of anilines is 1. The van der Waals surface area contributed by atoms with Crippen LogP contribution in [-0.2, 0) is 17.6 Å². The number of carbonyl (C=O) groups excluding carboxylic acids is 1. The molecule has 2 amide bonds. The van der Waals surface area contributed by atoms with Gasteiger partial charge in [-0.3, -0.25) is 4.98 Å². The maximum absolute atomic E-state index is 12.4. The Hall–Kier alpha value is -2.40. The van der Waals surface area contributed by atoms with Gasteiger partial charge >= 0.3 is 6.03 Å². The van der Waals surface area contributed by atoms with Crippen LogP contribution in [0, 0.1) is 0 Å². The first-order valence-corrected chi connectivity index (χ1v) is 8.33. The zero-order chi connectivity index (χ0) is 16.8. The average molecular weight is 325 g/mol. The van der Waals surface area contributed by atoms with E-state index in [0.29, 0.717) is 6.54 Å². The van der Waals surface area contributed by atoms with E-state index in [1.54, 1.807) is 7.11 Å². The minimum Gasteiger partial charge on any atom is -0.380 e. The van der Waals surface area contributed by atoms with Gasteiger partial charge in [-0.2, -0.15) is 0 Å². The van der Waals surface area contributed by atoms with Gasteiger partial charge in [0.25, 0.3) is 0 Å². The van der Waals surface area contributed by atoms with Gasteiger partial charge in [-0.1, -0.05) is 24.3 Å². The summed E-state index contributed by atoms with van der Waals surface area (Å²) in [6.45, 7) is 1.39. The van der Waals surface area contributed by atoms with Gasteiger partial charge in [0.15, 0.2) is 0 Å². The molecule has 0 bridgehead atoms. The van der Waals surface area contributed by atoms with Crippen LogP contribution in [0.3, 0.4) is 0 Å². The highest BCUT2D eigenvalue weighted by atomic mass is 16.5. The van der Waals surface area contributed by atoms with Crippen LogP contribution in [0.4, 0.5) is 10.5 Å². The lowest BCUT2D eigenvalue weighted by Crippen LogP contribution is -2.34. The third kappa shape index (κ3) is 4.11. The number of carbonyl (C=O) groups is 1. The van der Waals surface area contributed by atoms with Crippen molar-refractivity contribution in [1.82, 2.24) is 9.88 Å². The van der Waals surface area contributed by atoms with Gasteiger partial charge in [-0.15, -0.1) is 0 Å². The molecule has 0 radical (unpaired) electrons. The molecule has 1 aromatic heterocycles. The number of urea groups is 1. The summed E-state index contributed by atoms with van der Waals surface area (Å²) in [6.07, 6.45) is 4.54. The molecule has 0 saturated carbocycles. The predicted octanol–water partition coefficient (Wildman–Crippen LogP) is 3.12. The van der Waals surface area contributed by atoms with Crippen LogP contribution < -0.4 is 5.32 Å². The van der Waals surface area contributed by atoms with Gasteiger partial charge in [0, 0.05) is 37.8 Å². The molecule has 1 saturated heterocycles. The summed E-state index contributed by atoms with van der Waals surface area (Å²) in [5.41, 5.74) is 3.05. The average Bonchev–Trinajstić information content (AvgIpc) is 3.11. The summed E-state index contributed by atoms with van der Waals surface area (Å²) in [5, 5.41) is 3.04. The molecule has 2 aromatic rings. The molecule has 1 atom stereocenters. The lowest BCUT2D eigenvalue weighted by atomic mass is 10.1. The Kier molecular flexibility index (Phi) is 5.43. The number of ether oxygens (including phenoxy) is 1. The predicted molar refractivity (Wildman–Crippen MR) is 94.1 cm³/mol. The van der Waals surface area contributed by atoms with Crippen molar-refractivity contribution in [2.75, 3.05) is 25.5 Å². The van der Waals surface area contributed by atoms with Crippen molar-refractivity contribution in [3.8, 4) is 0 Å². The number of nitrogens with one attached hydrogen (secondary N) is 1. The molecule has 0 spiro atoms. The smallest absolute Gasteiger partial charge is 0.321 e. The highest BCUT2D eigenvalue weighted by Gasteiger charge is 2.26. The fraction of sp³-hybridized carbons (Fsp3) is 0.368. The van der Waals surface area contributed by atoms with Gasteiger partial charge in [0.2, 0.25) is 0 Å². The molecule has 5 heteroatoms. The number of rotatable bonds is 5. The van der Waals surface area contributed by atoms with Crippen molar-refractivity contribution in [3.63, 3.8) is 0 Å². The number of benzene rings is 1. The van der Waals surface area contributed by atoms with Crippen molar-refractivity contribution in [3.05, 3.63) is 59.9 Å². The molecule has 1 aliphatic rings. The molecular formula is C19H23N3O2. The van der Waals surface area contributed by atoms with Crippen LogP contribution in [0.25, 0.3) is 0 Å². The Morgan fingerprint density at radius 2 is 2.08 bits per heavy atom. The Labute approximate surface area is 142 Å². The number of aryl methyl sites for hydroxylation is 2. The highest BCUT2D eigenvalue weighted by molar-refractivity contribution is 5.90. The van der Waals surface area contributed by atoms with Crippen LogP contribution in [0.15, 0.2) is 48.7 Å². The number of para-hydroxylation sites is 1. The van der Waals surface area contributed by atoms with Crippen molar-refractivity contribution >= 4 is 11.7 Å². The molecular weight excluding hydrogens is 302 g/mol. The molecule has 1 fully saturated rings. The Morgan fingerprint density at radius 1 is 1.25 bits per heavy atom. The molecule has 1 aromatic carbocycles. The minimum atomic E-state index is -0.0557. The molecule has 126 valence electrons. The number of amides is 2. The summed E-state index contributed by atoms with van der Waals surface area (Å²) in [6, 6.07) is 13.8. The van der Waals surface area contributed by atoms with Gasteiger partial charge < -0.3 is 15.0 Å². The van der Waals surface area contributed by atoms with E-state index in [0.717, 1.165) is 42.8 Å². The summed E-state index contributed by atoms with van der Waals surface area (Å²) in [7, 11) is 1.69. The van der Waals surface area contributed by atoms with Crippen LogP contribution >= 0.6 is 0 Å². The molecule has 0 unspecified atom stereocenters. The van der Waals surface area contributed by atoms with Gasteiger partial charge in [0.1, 0.15) is 0 Å². The Balaban J connectivity index is 1.62. The number of pyridine rings is 1. The third-order valence-corrected chi connectivity index (χ3v) is 4.40. The second-order valence-electron chi connectivity index (χ2n) is 6.00. The summed E-state index contributed by atoms with van der Waals surface area (Å²) >= 11 is 0. The molecule has 3 rings (SSSR count). The second kappa shape index (κ2) is 7.93. The zero-order valence-electron chi connectivity index (χ0n) is 13.9. The van der Waals surface area contributed by atoms with Gasteiger partial charge in [-0.05, 0) is 43.0 Å². The van der Waals surface area contributed by atoms with Crippen molar-refractivity contribution in [2.45, 2.75) is 25.4 Å². The second-order valence-corrected chi connectivity index (χ2v) is 6.00. The minimum absolute atomic E-state index is 0.0557. The van der Waals surface area contributed by atoms with E-state index in [4.69, 9.17) is 4.74 Å². The number of nitrogens with zero attached hydrogens (tertiary/aromatic N) is 2. The quantitative estimate of drug-likeness (QED) is 0.919. The van der Waals surface area contributed by atoms with Crippen LogP contribution in [0.5, 0.6) is 0 Å². The fourth-order valence-corrected chi connectivity index (χ4v) is 2.97. The van der Waals surface area contributed by atoms with Crippen molar-refractivity contribution in [1.29, 1.82) is 0 Å². The lowest BCUT2D eigenvalue weighted by molar-refractivity contribution is 0.111. The Morgan fingerprint density at radius 3 is 2.83 bits per heavy atom. The lowest BCUT2D eigenvalue weighted by Gasteiger charge is -2.18. The SMILES string of the molecule is CO[C@@H]1CCN(C(=O)Nc2ccccc2CCc2ccccn2)C1. The van der Waals surface area contributed by atoms with Crippen LogP contribution in [0.1, 0.15) is 17.7 Å². The molecule has 5 nitrogen and oxygen atoms in total. The number of hydrogen-bond donors (Lipinski definition) is 1. The molecule has 24 heavy (non-hydrogen) atoms. The monoisotopic (exact) mass is 325 g/mol. The number of methoxy groups -OCH3 is 1. The first kappa shape index (κ1) is 16.5. The van der Waals surface area contributed by atoms with Crippen molar-refractivity contribution in [2.24, 2.45) is 0 Å². The maximum Gasteiger partial charge on any atom is 0.321 e. The number of aromatic nitrogens is 1. The molecule has 0 aliphatic carbocycles. The summed E-state index contributed by atoms with van der Waals surface area (Å²) in [5.74, 6) is 0. The van der Waals surface area contributed by atoms with Crippen LogP contribution in [0.2, 0.25) is 0 Å². The van der Waals surface area contributed by atoms with Crippen molar-refractivity contribution < 1.29 is 9.53 Å². The van der Waals surface area contributed by atoms with Gasteiger partial charge in [0.05, 0.1) is 6.10 Å². The number of hydrogen-bond acceptors (Lipinski definition) is 3. The first-order chi connectivity index (χ1) is 11.8. The normalized spacial score (nSPS) is 17.0. The zero-order valence-corrected chi connectivity index (χ0v) is 13.9. The Bertz CT molecular complexity index is 675. The largest absolute Gasteiger partial charge is 0.380 e. The van der Waals surface area contributed by atoms with E-state index >= 15 is 0 Å². The van der Waals surface area contributed by atoms with E-state index < -0.39 is 0 Å². The summed E-state index contributed by atoms with van der Waals surface area (Å²) in [4.78, 5) is 18.6. The molecule has 2 heterocycles. The maximum atomic E-state index is 12.4. The van der Waals surface area contributed by atoms with E-state index in [9.17, 15) is 4.79 Å². The van der Waals surface area contributed by atoms with Gasteiger partial charge in [-0.25, -0.2) is 4.79 Å². The van der Waals surface area contributed by atoms with Crippen LogP contribution in [-0.4, -0.2) is 42.2 Å². The third-order valence-electron chi connectivity index (χ3n) is 4.40. The standard InChI is InChI=1S/C19H23N3O2/c1-24-17-11-13-22(14-17)19(23)21-18-8-3-2-6-15(18)9-10-16-7-4-5-12-20-16/h2-8,12,17H,9-11,13-14H2,1H3,(H,21,23)/t17-/m1/s1. The summed E-state index contributed by atoms with van der Waals surface area (Å²) < 4.78 is 5.32. The van der Waals surface area contributed by atoms with E-state index in [2.05, 4.69) is 16.4 Å². The first-order valence-electron chi connectivity index (χ1n) is 8.33. The van der Waals surface area contributed by atoms with E-state index in [1.165, 1.54) is 0 Å². The molecule has 1 aliphatic heterocycles.